The molecular formula is C26H32N2O6. The van der Waals surface area contributed by atoms with Gasteiger partial charge in [-0.1, -0.05) is 48.5 Å². The molecule has 1 atom stereocenters. The lowest BCUT2D eigenvalue weighted by atomic mass is 9.98. The quantitative estimate of drug-likeness (QED) is 0.492. The van der Waals surface area contributed by atoms with Crippen LogP contribution in [-0.2, 0) is 14.3 Å². The summed E-state index contributed by atoms with van der Waals surface area (Å²) in [4.78, 5) is 38.2. The van der Waals surface area contributed by atoms with Crippen LogP contribution in [0.5, 0.6) is 0 Å². The smallest absolute Gasteiger partial charge is 0.407 e. The van der Waals surface area contributed by atoms with Crippen LogP contribution in [0.3, 0.4) is 0 Å². The lowest BCUT2D eigenvalue weighted by Crippen LogP contribution is -2.52. The second-order valence-corrected chi connectivity index (χ2v) is 9.12. The molecule has 8 heteroatoms. The number of carbonyl (C=O) groups is 3. The minimum atomic E-state index is -1.13. The molecule has 1 unspecified atom stereocenters. The van der Waals surface area contributed by atoms with Crippen molar-refractivity contribution in [2.45, 2.75) is 51.2 Å². The zero-order valence-corrected chi connectivity index (χ0v) is 19.8. The van der Waals surface area contributed by atoms with Crippen LogP contribution < -0.4 is 5.32 Å². The Balaban J connectivity index is 1.70. The fraction of sp³-hybridized carbons (Fsp3) is 0.423. The van der Waals surface area contributed by atoms with Crippen molar-refractivity contribution in [2.75, 3.05) is 19.7 Å². The van der Waals surface area contributed by atoms with Gasteiger partial charge in [0, 0.05) is 25.4 Å². The summed E-state index contributed by atoms with van der Waals surface area (Å²) in [5.74, 6) is -1.66. The number of rotatable bonds is 10. The molecule has 0 saturated heterocycles. The van der Waals surface area contributed by atoms with Crippen LogP contribution in [0.1, 0.15) is 50.7 Å². The van der Waals surface area contributed by atoms with Gasteiger partial charge in [-0.2, -0.15) is 0 Å². The first-order valence-electron chi connectivity index (χ1n) is 11.4. The number of carboxylic acids is 1. The molecule has 1 aliphatic rings. The number of aliphatic hydroxyl groups is 1. The zero-order chi connectivity index (χ0) is 24.9. The fourth-order valence-corrected chi connectivity index (χ4v) is 4.34. The number of aliphatic carboxylic acids is 1. The molecule has 3 N–H and O–H groups in total. The second-order valence-electron chi connectivity index (χ2n) is 9.12. The second kappa shape index (κ2) is 10.7. The van der Waals surface area contributed by atoms with Crippen LogP contribution in [0.4, 0.5) is 4.79 Å². The number of carboxylic acid groups (broad SMARTS) is 1. The van der Waals surface area contributed by atoms with E-state index < -0.39 is 29.6 Å². The standard InChI is InChI=1S/C26H32N2O6/c1-4-28(16-26(2,3)33)24(31)22(13-14-23(29)30)27-25(32)34-15-21-19-11-7-5-9-17(19)18-10-6-8-12-20(18)21/h5-12,21-22,33H,4,13-16H2,1-3H3,(H,27,32)(H,29,30). The third-order valence-corrected chi connectivity index (χ3v) is 5.85. The van der Waals surface area contributed by atoms with Crippen molar-refractivity contribution < 1.29 is 29.3 Å². The van der Waals surface area contributed by atoms with Gasteiger partial charge < -0.3 is 25.2 Å². The van der Waals surface area contributed by atoms with Gasteiger partial charge in [-0.05, 0) is 49.4 Å². The summed E-state index contributed by atoms with van der Waals surface area (Å²) < 4.78 is 5.52. The first kappa shape index (κ1) is 25.2. The Kier molecular flexibility index (Phi) is 7.94. The number of ether oxygens (including phenoxy) is 1. The molecule has 0 aliphatic heterocycles. The van der Waals surface area contributed by atoms with Crippen molar-refractivity contribution in [1.29, 1.82) is 0 Å². The van der Waals surface area contributed by atoms with Gasteiger partial charge in [0.15, 0.2) is 0 Å². The molecule has 1 aliphatic carbocycles. The molecular weight excluding hydrogens is 436 g/mol. The molecule has 0 saturated carbocycles. The average molecular weight is 469 g/mol. The van der Waals surface area contributed by atoms with Gasteiger partial charge in [-0.15, -0.1) is 0 Å². The highest BCUT2D eigenvalue weighted by molar-refractivity contribution is 5.86. The number of hydrogen-bond acceptors (Lipinski definition) is 5. The summed E-state index contributed by atoms with van der Waals surface area (Å²) in [5, 5.41) is 21.7. The predicted molar refractivity (Wildman–Crippen MR) is 127 cm³/mol. The molecule has 182 valence electrons. The van der Waals surface area contributed by atoms with Crippen LogP contribution in [-0.4, -0.2) is 64.4 Å². The van der Waals surface area contributed by atoms with Gasteiger partial charge in [-0.3, -0.25) is 9.59 Å². The lowest BCUT2D eigenvalue weighted by molar-refractivity contribution is -0.138. The van der Waals surface area contributed by atoms with Crippen molar-refractivity contribution in [2.24, 2.45) is 0 Å². The predicted octanol–water partition coefficient (Wildman–Crippen LogP) is 3.38. The van der Waals surface area contributed by atoms with Crippen LogP contribution in [0, 0.1) is 0 Å². The number of benzene rings is 2. The molecule has 34 heavy (non-hydrogen) atoms. The number of nitrogens with zero attached hydrogens (tertiary/aromatic N) is 1. The molecule has 0 aromatic heterocycles. The third-order valence-electron chi connectivity index (χ3n) is 5.85. The Labute approximate surface area is 199 Å². The van der Waals surface area contributed by atoms with Gasteiger partial charge in [0.2, 0.25) is 5.91 Å². The van der Waals surface area contributed by atoms with E-state index in [0.717, 1.165) is 22.3 Å². The fourth-order valence-electron chi connectivity index (χ4n) is 4.34. The Morgan fingerprint density at radius 2 is 1.62 bits per heavy atom. The molecule has 3 rings (SSSR count). The van der Waals surface area contributed by atoms with Crippen LogP contribution in [0.2, 0.25) is 0 Å². The molecule has 2 aromatic rings. The number of hydrogen-bond donors (Lipinski definition) is 3. The lowest BCUT2D eigenvalue weighted by Gasteiger charge is -2.31. The van der Waals surface area contributed by atoms with E-state index in [0.29, 0.717) is 6.54 Å². The largest absolute Gasteiger partial charge is 0.481 e. The van der Waals surface area contributed by atoms with E-state index in [9.17, 15) is 19.5 Å². The van der Waals surface area contributed by atoms with E-state index in [2.05, 4.69) is 5.32 Å². The van der Waals surface area contributed by atoms with Crippen molar-refractivity contribution in [3.05, 3.63) is 59.7 Å². The van der Waals surface area contributed by atoms with E-state index >= 15 is 0 Å². The number of nitrogens with one attached hydrogen (secondary N) is 1. The molecule has 2 amide bonds. The Morgan fingerprint density at radius 3 is 2.12 bits per heavy atom. The Morgan fingerprint density at radius 1 is 1.06 bits per heavy atom. The highest BCUT2D eigenvalue weighted by atomic mass is 16.5. The summed E-state index contributed by atoms with van der Waals surface area (Å²) in [7, 11) is 0. The summed E-state index contributed by atoms with van der Waals surface area (Å²) in [6, 6.07) is 14.9. The van der Waals surface area contributed by atoms with Gasteiger partial charge in [-0.25, -0.2) is 4.79 Å². The molecule has 0 fully saturated rings. The maximum atomic E-state index is 13.0. The topological polar surface area (TPSA) is 116 Å². The summed E-state index contributed by atoms with van der Waals surface area (Å²) >= 11 is 0. The highest BCUT2D eigenvalue weighted by Crippen LogP contribution is 2.44. The maximum Gasteiger partial charge on any atom is 0.407 e. The summed E-state index contributed by atoms with van der Waals surface area (Å²) in [5.41, 5.74) is 3.21. The molecule has 0 spiro atoms. The Bertz CT molecular complexity index is 1000. The summed E-state index contributed by atoms with van der Waals surface area (Å²) in [6.45, 7) is 5.35. The molecule has 0 bridgehead atoms. The van der Waals surface area contributed by atoms with Crippen LogP contribution in [0.25, 0.3) is 11.1 Å². The van der Waals surface area contributed by atoms with Crippen LogP contribution in [0.15, 0.2) is 48.5 Å². The number of likely N-dealkylation sites (N-methyl/N-ethyl adjacent to an activating group) is 1. The molecule has 0 heterocycles. The van der Waals surface area contributed by atoms with Crippen LogP contribution >= 0.6 is 0 Å². The SMILES string of the molecule is CCN(CC(C)(C)O)C(=O)C(CCC(=O)O)NC(=O)OCC1c2ccccc2-c2ccccc21. The number of fused-ring (bicyclic) bond motifs is 3. The number of amides is 2. The van der Waals surface area contributed by atoms with Crippen molar-refractivity contribution in [3.8, 4) is 11.1 Å². The van der Waals surface area contributed by atoms with Gasteiger partial charge in [0.1, 0.15) is 12.6 Å². The highest BCUT2D eigenvalue weighted by Gasteiger charge is 2.31. The maximum absolute atomic E-state index is 13.0. The van der Waals surface area contributed by atoms with E-state index in [1.54, 1.807) is 20.8 Å². The van der Waals surface area contributed by atoms with E-state index in [1.807, 2.05) is 48.5 Å². The van der Waals surface area contributed by atoms with Gasteiger partial charge in [0.05, 0.1) is 5.60 Å². The van der Waals surface area contributed by atoms with Crippen molar-refractivity contribution in [1.82, 2.24) is 10.2 Å². The first-order chi connectivity index (χ1) is 16.1. The minimum absolute atomic E-state index is 0.0538. The molecule has 0 radical (unpaired) electrons. The average Bonchev–Trinajstić information content (AvgIpc) is 3.11. The van der Waals surface area contributed by atoms with Crippen molar-refractivity contribution in [3.63, 3.8) is 0 Å². The molecule has 8 nitrogen and oxygen atoms in total. The first-order valence-corrected chi connectivity index (χ1v) is 11.4. The van der Waals surface area contributed by atoms with Crippen molar-refractivity contribution >= 4 is 18.0 Å². The van der Waals surface area contributed by atoms with Gasteiger partial charge in [0.25, 0.3) is 0 Å². The zero-order valence-electron chi connectivity index (χ0n) is 19.8. The van der Waals surface area contributed by atoms with E-state index in [1.165, 1.54) is 4.90 Å². The normalized spacial score (nSPS) is 13.5. The van der Waals surface area contributed by atoms with E-state index in [-0.39, 0.29) is 31.9 Å². The third kappa shape index (κ3) is 6.14. The Hall–Kier alpha value is -3.39. The molecule has 2 aromatic carbocycles. The summed E-state index contributed by atoms with van der Waals surface area (Å²) in [6.07, 6.45) is -1.16. The van der Waals surface area contributed by atoms with E-state index in [4.69, 9.17) is 9.84 Å². The van der Waals surface area contributed by atoms with Gasteiger partial charge >= 0.3 is 12.1 Å². The number of alkyl carbamates (subject to hydrolysis) is 1. The number of carbonyl (C=O) groups excluding carboxylic acids is 2. The minimum Gasteiger partial charge on any atom is -0.481 e. The monoisotopic (exact) mass is 468 g/mol.